The van der Waals surface area contributed by atoms with Crippen LogP contribution in [0.4, 0.5) is 8.78 Å². The highest BCUT2D eigenvalue weighted by Gasteiger charge is 2.25. The third kappa shape index (κ3) is 2.97. The van der Waals surface area contributed by atoms with E-state index in [-0.39, 0.29) is 24.1 Å². The highest BCUT2D eigenvalue weighted by atomic mass is 35.5. The van der Waals surface area contributed by atoms with E-state index in [1.807, 2.05) is 24.3 Å². The lowest BCUT2D eigenvalue weighted by molar-refractivity contribution is 0.317. The van der Waals surface area contributed by atoms with Crippen molar-refractivity contribution >= 4 is 17.5 Å². The van der Waals surface area contributed by atoms with Crippen molar-refractivity contribution in [3.8, 4) is 0 Å². The molecule has 1 aliphatic rings. The molecule has 0 fully saturated rings. The Morgan fingerprint density at radius 2 is 1.77 bits per heavy atom. The van der Waals surface area contributed by atoms with Crippen LogP contribution < -0.4 is 0 Å². The molecule has 0 saturated heterocycles. The summed E-state index contributed by atoms with van der Waals surface area (Å²) in [5.74, 6) is -0.750. The lowest BCUT2D eigenvalue weighted by atomic mass is 10.1. The summed E-state index contributed by atoms with van der Waals surface area (Å²) >= 11 is 5.71. The molecule has 1 heterocycles. The Morgan fingerprint density at radius 1 is 1.09 bits per heavy atom. The van der Waals surface area contributed by atoms with Crippen LogP contribution in [0.1, 0.15) is 22.7 Å². The molecule has 0 spiro atoms. The van der Waals surface area contributed by atoms with Crippen molar-refractivity contribution in [1.82, 2.24) is 0 Å². The minimum atomic E-state index is -0.670. The van der Waals surface area contributed by atoms with Gasteiger partial charge in [-0.2, -0.15) is 0 Å². The van der Waals surface area contributed by atoms with Crippen molar-refractivity contribution in [2.24, 2.45) is 4.99 Å². The predicted molar refractivity (Wildman–Crippen MR) is 82.5 cm³/mol. The fourth-order valence-electron chi connectivity index (χ4n) is 2.40. The number of halogens is 3. The smallest absolute Gasteiger partial charge is 0.222 e. The topological polar surface area (TPSA) is 21.6 Å². The minimum Gasteiger partial charge on any atom is -0.475 e. The molecule has 0 aromatic heterocycles. The molecule has 0 aliphatic carbocycles. The first-order valence-corrected chi connectivity index (χ1v) is 7.52. The largest absolute Gasteiger partial charge is 0.475 e. The van der Waals surface area contributed by atoms with Crippen LogP contribution in [0.15, 0.2) is 47.5 Å². The van der Waals surface area contributed by atoms with Crippen LogP contribution in [0.25, 0.3) is 0 Å². The molecule has 2 nitrogen and oxygen atoms in total. The molecular formula is C17H14ClF2NO. The number of hydrogen-bond donors (Lipinski definition) is 0. The zero-order chi connectivity index (χ0) is 15.5. The summed E-state index contributed by atoms with van der Waals surface area (Å²) in [7, 11) is 0. The Morgan fingerprint density at radius 3 is 2.41 bits per heavy atom. The van der Waals surface area contributed by atoms with Gasteiger partial charge in [-0.15, -0.1) is 11.6 Å². The first-order valence-electron chi connectivity index (χ1n) is 6.99. The Labute approximate surface area is 132 Å². The Kier molecular flexibility index (Phi) is 4.39. The van der Waals surface area contributed by atoms with Crippen LogP contribution in [0.5, 0.6) is 0 Å². The van der Waals surface area contributed by atoms with Crippen LogP contribution in [0.3, 0.4) is 0 Å². The van der Waals surface area contributed by atoms with Crippen molar-refractivity contribution < 1.29 is 13.5 Å². The van der Waals surface area contributed by atoms with Crippen LogP contribution in [-0.2, 0) is 11.2 Å². The number of aliphatic imine (C=N–C) groups is 1. The molecule has 5 heteroatoms. The summed E-state index contributed by atoms with van der Waals surface area (Å²) < 4.78 is 32.9. The second kappa shape index (κ2) is 6.44. The first kappa shape index (κ1) is 15.0. The van der Waals surface area contributed by atoms with Crippen molar-refractivity contribution in [1.29, 1.82) is 0 Å². The summed E-state index contributed by atoms with van der Waals surface area (Å²) in [6.45, 7) is 0.276. The summed E-state index contributed by atoms with van der Waals surface area (Å²) in [6, 6.07) is 11.3. The van der Waals surface area contributed by atoms with Crippen LogP contribution in [0.2, 0.25) is 0 Å². The van der Waals surface area contributed by atoms with Crippen molar-refractivity contribution in [2.75, 3.05) is 12.5 Å². The van der Waals surface area contributed by atoms with Gasteiger partial charge in [-0.25, -0.2) is 13.8 Å². The number of nitrogens with zero attached hydrogens (tertiary/aromatic N) is 1. The normalized spacial score (nSPS) is 17.2. The van der Waals surface area contributed by atoms with Gasteiger partial charge in [0.25, 0.3) is 0 Å². The molecule has 0 N–H and O–H groups in total. The SMILES string of the molecule is Fc1cccc(F)c1C1=NC(c2ccc(CCCl)cc2)CO1. The number of ether oxygens (including phenoxy) is 1. The maximum Gasteiger partial charge on any atom is 0.222 e. The van der Waals surface area contributed by atoms with E-state index in [1.165, 1.54) is 18.2 Å². The quantitative estimate of drug-likeness (QED) is 0.771. The van der Waals surface area contributed by atoms with E-state index in [1.54, 1.807) is 0 Å². The molecule has 2 aromatic carbocycles. The summed E-state index contributed by atoms with van der Waals surface area (Å²) in [6.07, 6.45) is 0.804. The van der Waals surface area contributed by atoms with E-state index in [0.29, 0.717) is 5.88 Å². The molecule has 0 amide bonds. The van der Waals surface area contributed by atoms with Gasteiger partial charge in [0.15, 0.2) is 0 Å². The van der Waals surface area contributed by atoms with Gasteiger partial charge in [-0.1, -0.05) is 30.3 Å². The molecule has 0 saturated carbocycles. The van der Waals surface area contributed by atoms with Crippen LogP contribution >= 0.6 is 11.6 Å². The first-order chi connectivity index (χ1) is 10.7. The standard InChI is InChI=1S/C17H14ClF2NO/c18-9-8-11-4-6-12(7-5-11)15-10-22-17(21-15)16-13(19)2-1-3-14(16)20/h1-7,15H,8-10H2. The molecule has 22 heavy (non-hydrogen) atoms. The van der Waals surface area contributed by atoms with E-state index in [4.69, 9.17) is 16.3 Å². The van der Waals surface area contributed by atoms with Crippen molar-refractivity contribution in [3.63, 3.8) is 0 Å². The second-order valence-electron chi connectivity index (χ2n) is 5.04. The monoisotopic (exact) mass is 321 g/mol. The van der Waals surface area contributed by atoms with E-state index in [9.17, 15) is 8.78 Å². The van der Waals surface area contributed by atoms with Crippen molar-refractivity contribution in [2.45, 2.75) is 12.5 Å². The molecule has 114 valence electrons. The number of hydrogen-bond acceptors (Lipinski definition) is 2. The highest BCUT2D eigenvalue weighted by Crippen LogP contribution is 2.27. The third-order valence-electron chi connectivity index (χ3n) is 3.58. The second-order valence-corrected chi connectivity index (χ2v) is 5.42. The molecule has 1 unspecified atom stereocenters. The van der Waals surface area contributed by atoms with Crippen molar-refractivity contribution in [3.05, 3.63) is 70.8 Å². The van der Waals surface area contributed by atoms with Crippen LogP contribution in [-0.4, -0.2) is 18.4 Å². The highest BCUT2D eigenvalue weighted by molar-refractivity contribution is 6.17. The number of benzene rings is 2. The zero-order valence-electron chi connectivity index (χ0n) is 11.7. The molecule has 1 atom stereocenters. The van der Waals surface area contributed by atoms with E-state index < -0.39 is 11.6 Å². The molecule has 1 aliphatic heterocycles. The molecule has 2 aromatic rings. The lowest BCUT2D eigenvalue weighted by Crippen LogP contribution is -2.07. The third-order valence-corrected chi connectivity index (χ3v) is 3.76. The van der Waals surface area contributed by atoms with Gasteiger partial charge < -0.3 is 4.74 Å². The average molecular weight is 322 g/mol. The van der Waals surface area contributed by atoms with E-state index in [0.717, 1.165) is 17.5 Å². The summed E-state index contributed by atoms with van der Waals surface area (Å²) in [5, 5.41) is 0. The zero-order valence-corrected chi connectivity index (χ0v) is 12.5. The lowest BCUT2D eigenvalue weighted by Gasteiger charge is -2.06. The number of aryl methyl sites for hydroxylation is 1. The Bertz CT molecular complexity index is 680. The minimum absolute atomic E-state index is 0.0189. The molecule has 0 bridgehead atoms. The average Bonchev–Trinajstić information content (AvgIpc) is 2.98. The fraction of sp³-hybridized carbons (Fsp3) is 0.235. The van der Waals surface area contributed by atoms with E-state index in [2.05, 4.69) is 4.99 Å². The fourth-order valence-corrected chi connectivity index (χ4v) is 2.62. The van der Waals surface area contributed by atoms with Gasteiger partial charge in [0, 0.05) is 5.88 Å². The predicted octanol–water partition coefficient (Wildman–Crippen LogP) is 4.26. The van der Waals surface area contributed by atoms with Gasteiger partial charge in [0.05, 0.1) is 0 Å². The van der Waals surface area contributed by atoms with Gasteiger partial charge in [-0.05, 0) is 29.7 Å². The number of rotatable bonds is 4. The van der Waals surface area contributed by atoms with Gasteiger partial charge in [0.1, 0.15) is 29.8 Å². The van der Waals surface area contributed by atoms with Gasteiger partial charge >= 0.3 is 0 Å². The Balaban J connectivity index is 1.85. The molecule has 3 rings (SSSR count). The summed E-state index contributed by atoms with van der Waals surface area (Å²) in [4.78, 5) is 4.31. The maximum absolute atomic E-state index is 13.8. The summed E-state index contributed by atoms with van der Waals surface area (Å²) in [5.41, 5.74) is 1.89. The Hall–Kier alpha value is -1.94. The van der Waals surface area contributed by atoms with Gasteiger partial charge in [0.2, 0.25) is 5.90 Å². The molecule has 0 radical (unpaired) electrons. The maximum atomic E-state index is 13.8. The van der Waals surface area contributed by atoms with E-state index >= 15 is 0 Å². The van der Waals surface area contributed by atoms with Crippen LogP contribution in [0, 0.1) is 11.6 Å². The number of alkyl halides is 1. The molecular weight excluding hydrogens is 308 g/mol. The van der Waals surface area contributed by atoms with Gasteiger partial charge in [-0.3, -0.25) is 0 Å².